The molecular weight excluding hydrogens is 342 g/mol. The molecule has 1 saturated heterocycles. The number of hydrogen-bond donors (Lipinski definition) is 2. The molecule has 2 fully saturated rings. The Hall–Kier alpha value is -1.79. The molecule has 3 atom stereocenters. The molecule has 0 aromatic heterocycles. The number of rotatable bonds is 5. The van der Waals surface area contributed by atoms with Gasteiger partial charge in [0.05, 0.1) is 18.7 Å². The molecule has 0 radical (unpaired) electrons. The molecule has 2 amide bonds. The van der Waals surface area contributed by atoms with Gasteiger partial charge in [-0.3, -0.25) is 9.59 Å². The predicted octanol–water partition coefficient (Wildman–Crippen LogP) is 1.43. The highest BCUT2D eigenvalue weighted by atomic mass is 35.5. The number of ether oxygens (including phenoxy) is 1. The van der Waals surface area contributed by atoms with Crippen LogP contribution in [0, 0.1) is 11.8 Å². The van der Waals surface area contributed by atoms with Gasteiger partial charge in [-0.15, -0.1) is 12.4 Å². The summed E-state index contributed by atoms with van der Waals surface area (Å²) in [6.45, 7) is 3.85. The lowest BCUT2D eigenvalue weighted by atomic mass is 9.98. The molecule has 3 N–H and O–H groups in total. The van der Waals surface area contributed by atoms with Crippen molar-refractivity contribution in [3.63, 3.8) is 0 Å². The number of likely N-dealkylation sites (tertiary alicyclic amines) is 1. The number of halogens is 1. The van der Waals surface area contributed by atoms with Gasteiger partial charge in [-0.1, -0.05) is 12.1 Å². The maximum atomic E-state index is 12.4. The minimum atomic E-state index is -0.288. The van der Waals surface area contributed by atoms with Crippen molar-refractivity contribution in [2.24, 2.45) is 17.6 Å². The lowest BCUT2D eigenvalue weighted by molar-refractivity contribution is -0.129. The molecule has 0 spiro atoms. The molecule has 1 aromatic rings. The summed E-state index contributed by atoms with van der Waals surface area (Å²) in [4.78, 5) is 26.5. The van der Waals surface area contributed by atoms with Gasteiger partial charge in [0.1, 0.15) is 5.75 Å². The van der Waals surface area contributed by atoms with Gasteiger partial charge in [0.2, 0.25) is 5.91 Å². The molecule has 3 rings (SSSR count). The zero-order chi connectivity index (χ0) is 17.1. The number of nitrogens with two attached hydrogens (primary N) is 1. The van der Waals surface area contributed by atoms with Crippen molar-refractivity contribution in [1.29, 1.82) is 0 Å². The number of hydrogen-bond acceptors (Lipinski definition) is 4. The number of nitrogens with one attached hydrogen (secondary N) is 1. The highest BCUT2D eigenvalue weighted by Gasteiger charge is 2.42. The van der Waals surface area contributed by atoms with Gasteiger partial charge in [-0.25, -0.2) is 0 Å². The van der Waals surface area contributed by atoms with Gasteiger partial charge in [-0.2, -0.15) is 0 Å². The van der Waals surface area contributed by atoms with E-state index < -0.39 is 0 Å². The lowest BCUT2D eigenvalue weighted by Gasteiger charge is -2.19. The Morgan fingerprint density at radius 2 is 2.04 bits per heavy atom. The SMILES string of the molecule is CCOc1ccccc1C(=O)NCC(=O)N1CC2CCC(N)C2C1.Cl. The topological polar surface area (TPSA) is 84.7 Å². The first-order valence-corrected chi connectivity index (χ1v) is 8.63. The van der Waals surface area contributed by atoms with Crippen molar-refractivity contribution >= 4 is 24.2 Å². The van der Waals surface area contributed by atoms with E-state index >= 15 is 0 Å². The Kier molecular flexibility index (Phi) is 6.67. The molecule has 25 heavy (non-hydrogen) atoms. The van der Waals surface area contributed by atoms with Crippen molar-refractivity contribution < 1.29 is 14.3 Å². The van der Waals surface area contributed by atoms with Gasteiger partial charge >= 0.3 is 0 Å². The minimum Gasteiger partial charge on any atom is -0.493 e. The Balaban J connectivity index is 0.00000225. The fourth-order valence-corrected chi connectivity index (χ4v) is 3.81. The van der Waals surface area contributed by atoms with Crippen molar-refractivity contribution in [3.8, 4) is 5.75 Å². The van der Waals surface area contributed by atoms with E-state index in [1.54, 1.807) is 18.2 Å². The molecule has 1 heterocycles. The first-order chi connectivity index (χ1) is 11.6. The molecule has 2 aliphatic rings. The highest BCUT2D eigenvalue weighted by Crippen LogP contribution is 2.36. The summed E-state index contributed by atoms with van der Waals surface area (Å²) in [5.74, 6) is 1.15. The first kappa shape index (κ1) is 19.5. The van der Waals surface area contributed by atoms with Crippen molar-refractivity contribution in [2.75, 3.05) is 26.2 Å². The highest BCUT2D eigenvalue weighted by molar-refractivity contribution is 5.98. The van der Waals surface area contributed by atoms with E-state index in [4.69, 9.17) is 10.5 Å². The standard InChI is InChI=1S/C18H25N3O3.ClH/c1-2-24-16-6-4-3-5-13(16)18(23)20-9-17(22)21-10-12-7-8-15(19)14(12)11-21;/h3-6,12,14-15H,2,7-11,19H2,1H3,(H,20,23);1H. The number of para-hydroxylation sites is 1. The lowest BCUT2D eigenvalue weighted by Crippen LogP contribution is -2.40. The summed E-state index contributed by atoms with van der Waals surface area (Å²) in [5.41, 5.74) is 6.56. The first-order valence-electron chi connectivity index (χ1n) is 8.63. The number of nitrogens with zero attached hydrogens (tertiary/aromatic N) is 1. The van der Waals surface area contributed by atoms with Gasteiger partial charge < -0.3 is 20.7 Å². The largest absolute Gasteiger partial charge is 0.493 e. The average Bonchev–Trinajstić information content (AvgIpc) is 3.16. The van der Waals surface area contributed by atoms with Crippen LogP contribution < -0.4 is 15.8 Å². The smallest absolute Gasteiger partial charge is 0.255 e. The van der Waals surface area contributed by atoms with Gasteiger partial charge in [0, 0.05) is 19.1 Å². The number of amides is 2. The molecule has 1 aliphatic carbocycles. The summed E-state index contributed by atoms with van der Waals surface area (Å²) in [6.07, 6.45) is 2.16. The van der Waals surface area contributed by atoms with Gasteiger partial charge in [-0.05, 0) is 43.7 Å². The van der Waals surface area contributed by atoms with E-state index in [0.29, 0.717) is 29.8 Å². The monoisotopic (exact) mass is 367 g/mol. The van der Waals surface area contributed by atoms with Gasteiger partial charge in [0.25, 0.3) is 5.91 Å². The second kappa shape index (κ2) is 8.54. The molecular formula is C18H26ClN3O3. The number of benzene rings is 1. The van der Waals surface area contributed by atoms with Crippen molar-refractivity contribution in [3.05, 3.63) is 29.8 Å². The Morgan fingerprint density at radius 3 is 2.76 bits per heavy atom. The number of fused-ring (bicyclic) bond motifs is 1. The summed E-state index contributed by atoms with van der Waals surface area (Å²) < 4.78 is 5.46. The van der Waals surface area contributed by atoms with Crippen LogP contribution in [0.4, 0.5) is 0 Å². The van der Waals surface area contributed by atoms with Crippen LogP contribution in [0.25, 0.3) is 0 Å². The maximum absolute atomic E-state index is 12.4. The average molecular weight is 368 g/mol. The van der Waals surface area contributed by atoms with Crippen LogP contribution in [-0.2, 0) is 4.79 Å². The Bertz CT molecular complexity index is 625. The van der Waals surface area contributed by atoms with Crippen LogP contribution in [0.3, 0.4) is 0 Å². The normalized spacial score (nSPS) is 24.4. The maximum Gasteiger partial charge on any atom is 0.255 e. The number of carbonyl (C=O) groups excluding carboxylic acids is 2. The second-order valence-electron chi connectivity index (χ2n) is 6.58. The molecule has 1 aliphatic heterocycles. The van der Waals surface area contributed by atoms with E-state index in [9.17, 15) is 9.59 Å². The second-order valence-corrected chi connectivity index (χ2v) is 6.58. The van der Waals surface area contributed by atoms with Crippen LogP contribution >= 0.6 is 12.4 Å². The quantitative estimate of drug-likeness (QED) is 0.824. The van der Waals surface area contributed by atoms with E-state index in [1.165, 1.54) is 0 Å². The fourth-order valence-electron chi connectivity index (χ4n) is 3.81. The third-order valence-corrected chi connectivity index (χ3v) is 5.10. The summed E-state index contributed by atoms with van der Waals surface area (Å²) >= 11 is 0. The van der Waals surface area contributed by atoms with Crippen LogP contribution in [0.2, 0.25) is 0 Å². The predicted molar refractivity (Wildman–Crippen MR) is 98.0 cm³/mol. The zero-order valence-electron chi connectivity index (χ0n) is 14.4. The van der Waals surface area contributed by atoms with Crippen molar-refractivity contribution in [1.82, 2.24) is 10.2 Å². The zero-order valence-corrected chi connectivity index (χ0v) is 15.3. The molecule has 7 heteroatoms. The molecule has 1 aromatic carbocycles. The third kappa shape index (κ3) is 4.25. The van der Waals surface area contributed by atoms with Crippen molar-refractivity contribution in [2.45, 2.75) is 25.8 Å². The van der Waals surface area contributed by atoms with E-state index in [2.05, 4.69) is 5.32 Å². The van der Waals surface area contributed by atoms with Crippen LogP contribution in [0.5, 0.6) is 5.75 Å². The number of carbonyl (C=O) groups is 2. The summed E-state index contributed by atoms with van der Waals surface area (Å²) in [6, 6.07) is 7.26. The van der Waals surface area contributed by atoms with Crippen LogP contribution in [0.15, 0.2) is 24.3 Å². The van der Waals surface area contributed by atoms with E-state index in [-0.39, 0.29) is 36.8 Å². The molecule has 0 bridgehead atoms. The molecule has 3 unspecified atom stereocenters. The minimum absolute atomic E-state index is 0. The summed E-state index contributed by atoms with van der Waals surface area (Å²) in [7, 11) is 0. The Labute approximate surface area is 154 Å². The van der Waals surface area contributed by atoms with E-state index in [0.717, 1.165) is 25.9 Å². The Morgan fingerprint density at radius 1 is 1.28 bits per heavy atom. The van der Waals surface area contributed by atoms with Gasteiger partial charge in [0.15, 0.2) is 0 Å². The fraction of sp³-hybridized carbons (Fsp3) is 0.556. The summed E-state index contributed by atoms with van der Waals surface area (Å²) in [5, 5.41) is 2.71. The third-order valence-electron chi connectivity index (χ3n) is 5.10. The molecule has 138 valence electrons. The molecule has 6 nitrogen and oxygen atoms in total. The van der Waals surface area contributed by atoms with Crippen LogP contribution in [0.1, 0.15) is 30.1 Å². The molecule has 1 saturated carbocycles. The van der Waals surface area contributed by atoms with Crippen LogP contribution in [-0.4, -0.2) is 49.0 Å². The van der Waals surface area contributed by atoms with E-state index in [1.807, 2.05) is 17.9 Å².